The van der Waals surface area contributed by atoms with E-state index in [1.54, 1.807) is 12.1 Å². The Hall–Kier alpha value is -2.82. The van der Waals surface area contributed by atoms with Gasteiger partial charge in [0, 0.05) is 0 Å². The fourth-order valence-corrected chi connectivity index (χ4v) is 2.59. The third-order valence-corrected chi connectivity index (χ3v) is 3.83. The van der Waals surface area contributed by atoms with E-state index in [-0.39, 0.29) is 25.4 Å². The predicted octanol–water partition coefficient (Wildman–Crippen LogP) is 3.40. The van der Waals surface area contributed by atoms with Crippen LogP contribution >= 0.6 is 0 Å². The van der Waals surface area contributed by atoms with Gasteiger partial charge in [0.15, 0.2) is 0 Å². The third kappa shape index (κ3) is 5.95. The minimum atomic E-state index is -0.958. The first-order chi connectivity index (χ1) is 12.0. The van der Waals surface area contributed by atoms with Crippen LogP contribution in [-0.2, 0) is 9.59 Å². The molecule has 0 aliphatic rings. The Bertz CT molecular complexity index is 728. The number of hydrogen-bond acceptors (Lipinski definition) is 3. The van der Waals surface area contributed by atoms with Crippen LogP contribution in [0.25, 0.3) is 0 Å². The Balaban J connectivity index is 1.89. The lowest BCUT2D eigenvalue weighted by atomic mass is 10.0. The summed E-state index contributed by atoms with van der Waals surface area (Å²) in [5.74, 6) is -0.441. The first-order valence-electron chi connectivity index (χ1n) is 8.22. The normalized spacial score (nSPS) is 11.6. The van der Waals surface area contributed by atoms with Gasteiger partial charge in [-0.2, -0.15) is 0 Å². The van der Waals surface area contributed by atoms with Gasteiger partial charge in [0.2, 0.25) is 5.91 Å². The summed E-state index contributed by atoms with van der Waals surface area (Å²) < 4.78 is 5.65. The Morgan fingerprint density at radius 1 is 1.12 bits per heavy atom. The summed E-state index contributed by atoms with van der Waals surface area (Å²) in [5, 5.41) is 11.8. The molecule has 0 bridgehead atoms. The summed E-state index contributed by atoms with van der Waals surface area (Å²) in [6.07, 6.45) is 0.00392. The molecular weight excluding hydrogens is 318 g/mol. The molecule has 0 aromatic heterocycles. The first-order valence-corrected chi connectivity index (χ1v) is 8.22. The minimum absolute atomic E-state index is 0.159. The van der Waals surface area contributed by atoms with Gasteiger partial charge in [-0.3, -0.25) is 9.59 Å². The minimum Gasteiger partial charge on any atom is -0.493 e. The Morgan fingerprint density at radius 3 is 2.48 bits per heavy atom. The van der Waals surface area contributed by atoms with E-state index in [0.29, 0.717) is 0 Å². The van der Waals surface area contributed by atoms with E-state index in [1.165, 1.54) is 0 Å². The standard InChI is InChI=1S/C20H23NO4/c1-14-8-9-18(15(2)12-14)25-11-10-19(22)21-17(13-20(23)24)16-6-4-3-5-7-16/h3-9,12,17H,10-11,13H2,1-2H3,(H,21,22)(H,23,24). The van der Waals surface area contributed by atoms with E-state index in [2.05, 4.69) is 5.32 Å². The van der Waals surface area contributed by atoms with Crippen LogP contribution in [0.4, 0.5) is 0 Å². The lowest BCUT2D eigenvalue weighted by Crippen LogP contribution is -2.31. The van der Waals surface area contributed by atoms with Gasteiger partial charge in [-0.25, -0.2) is 0 Å². The van der Waals surface area contributed by atoms with Crippen LogP contribution in [0.3, 0.4) is 0 Å². The summed E-state index contributed by atoms with van der Waals surface area (Å²) in [5.41, 5.74) is 2.95. The highest BCUT2D eigenvalue weighted by atomic mass is 16.5. The van der Waals surface area contributed by atoms with Crippen molar-refractivity contribution in [2.45, 2.75) is 32.7 Å². The van der Waals surface area contributed by atoms with Crippen LogP contribution in [0.1, 0.15) is 35.6 Å². The second-order valence-electron chi connectivity index (χ2n) is 6.00. The molecule has 0 fully saturated rings. The highest BCUT2D eigenvalue weighted by Crippen LogP contribution is 2.19. The zero-order valence-corrected chi connectivity index (χ0v) is 14.5. The quantitative estimate of drug-likeness (QED) is 0.771. The van der Waals surface area contributed by atoms with Crippen LogP contribution in [0.5, 0.6) is 5.75 Å². The number of amides is 1. The Morgan fingerprint density at radius 2 is 1.84 bits per heavy atom. The number of nitrogens with one attached hydrogen (secondary N) is 1. The molecule has 5 heteroatoms. The van der Waals surface area contributed by atoms with Gasteiger partial charge >= 0.3 is 5.97 Å². The second-order valence-corrected chi connectivity index (χ2v) is 6.00. The summed E-state index contributed by atoms with van der Waals surface area (Å²) in [7, 11) is 0. The van der Waals surface area contributed by atoms with E-state index in [0.717, 1.165) is 22.4 Å². The highest BCUT2D eigenvalue weighted by molar-refractivity contribution is 5.77. The van der Waals surface area contributed by atoms with Gasteiger partial charge in [-0.1, -0.05) is 48.0 Å². The predicted molar refractivity (Wildman–Crippen MR) is 95.6 cm³/mol. The summed E-state index contributed by atoms with van der Waals surface area (Å²) in [6, 6.07) is 14.4. The van der Waals surface area contributed by atoms with Crippen molar-refractivity contribution in [2.75, 3.05) is 6.61 Å². The van der Waals surface area contributed by atoms with Crippen molar-refractivity contribution in [3.05, 3.63) is 65.2 Å². The number of aliphatic carboxylic acids is 1. The average molecular weight is 341 g/mol. The number of carboxylic acid groups (broad SMARTS) is 1. The maximum Gasteiger partial charge on any atom is 0.305 e. The molecule has 0 saturated carbocycles. The van der Waals surface area contributed by atoms with Crippen LogP contribution in [0.15, 0.2) is 48.5 Å². The van der Waals surface area contributed by atoms with Gasteiger partial charge in [-0.05, 0) is 31.0 Å². The van der Waals surface area contributed by atoms with Crippen LogP contribution in [-0.4, -0.2) is 23.6 Å². The zero-order valence-electron chi connectivity index (χ0n) is 14.5. The fourth-order valence-electron chi connectivity index (χ4n) is 2.59. The molecule has 1 atom stereocenters. The third-order valence-electron chi connectivity index (χ3n) is 3.83. The fraction of sp³-hybridized carbons (Fsp3) is 0.300. The largest absolute Gasteiger partial charge is 0.493 e. The molecule has 1 unspecified atom stereocenters. The number of hydrogen-bond donors (Lipinski definition) is 2. The molecule has 0 heterocycles. The van der Waals surface area contributed by atoms with E-state index >= 15 is 0 Å². The molecule has 2 rings (SSSR count). The smallest absolute Gasteiger partial charge is 0.305 e. The zero-order chi connectivity index (χ0) is 18.2. The molecule has 25 heavy (non-hydrogen) atoms. The number of carbonyl (C=O) groups excluding carboxylic acids is 1. The molecule has 2 N–H and O–H groups in total. The number of ether oxygens (including phenoxy) is 1. The van der Waals surface area contributed by atoms with Gasteiger partial charge in [-0.15, -0.1) is 0 Å². The monoisotopic (exact) mass is 341 g/mol. The molecule has 0 radical (unpaired) electrons. The van der Waals surface area contributed by atoms with Crippen LogP contribution < -0.4 is 10.1 Å². The average Bonchev–Trinajstić information content (AvgIpc) is 2.56. The van der Waals surface area contributed by atoms with Crippen molar-refractivity contribution in [1.29, 1.82) is 0 Å². The van der Waals surface area contributed by atoms with Crippen LogP contribution in [0, 0.1) is 13.8 Å². The SMILES string of the molecule is Cc1ccc(OCCC(=O)NC(CC(=O)O)c2ccccc2)c(C)c1. The lowest BCUT2D eigenvalue weighted by molar-refractivity contribution is -0.137. The van der Waals surface area contributed by atoms with E-state index in [9.17, 15) is 9.59 Å². The van der Waals surface area contributed by atoms with Gasteiger partial charge in [0.05, 0.1) is 25.5 Å². The molecule has 1 amide bonds. The van der Waals surface area contributed by atoms with E-state index in [1.807, 2.05) is 50.2 Å². The maximum absolute atomic E-state index is 12.2. The van der Waals surface area contributed by atoms with Crippen LogP contribution in [0.2, 0.25) is 0 Å². The molecule has 2 aromatic carbocycles. The Kier molecular flexibility index (Phi) is 6.57. The topological polar surface area (TPSA) is 75.6 Å². The van der Waals surface area contributed by atoms with Gasteiger partial charge in [0.1, 0.15) is 5.75 Å². The summed E-state index contributed by atoms with van der Waals surface area (Å²) in [4.78, 5) is 23.2. The maximum atomic E-state index is 12.2. The Labute approximate surface area is 147 Å². The molecule has 132 valence electrons. The number of aryl methyl sites for hydroxylation is 2. The molecule has 0 saturated heterocycles. The van der Waals surface area contributed by atoms with E-state index in [4.69, 9.17) is 9.84 Å². The molecule has 0 spiro atoms. The molecule has 5 nitrogen and oxygen atoms in total. The number of rotatable bonds is 8. The first kappa shape index (κ1) is 18.5. The molecule has 0 aliphatic heterocycles. The second kappa shape index (κ2) is 8.87. The van der Waals surface area contributed by atoms with Crippen molar-refractivity contribution >= 4 is 11.9 Å². The van der Waals surface area contributed by atoms with Gasteiger partial charge < -0.3 is 15.2 Å². The molecule has 2 aromatic rings. The van der Waals surface area contributed by atoms with Crippen molar-refractivity contribution in [2.24, 2.45) is 0 Å². The van der Waals surface area contributed by atoms with E-state index < -0.39 is 12.0 Å². The van der Waals surface area contributed by atoms with Crippen molar-refractivity contribution in [3.8, 4) is 5.75 Å². The lowest BCUT2D eigenvalue weighted by Gasteiger charge is -2.17. The highest BCUT2D eigenvalue weighted by Gasteiger charge is 2.17. The van der Waals surface area contributed by atoms with Crippen molar-refractivity contribution in [3.63, 3.8) is 0 Å². The number of carboxylic acids is 1. The molecular formula is C20H23NO4. The van der Waals surface area contributed by atoms with Gasteiger partial charge in [0.25, 0.3) is 0 Å². The number of benzene rings is 2. The summed E-state index contributed by atoms with van der Waals surface area (Å²) in [6.45, 7) is 4.21. The number of carbonyl (C=O) groups is 2. The molecule has 0 aliphatic carbocycles. The summed E-state index contributed by atoms with van der Waals surface area (Å²) >= 11 is 0. The van der Waals surface area contributed by atoms with Crippen molar-refractivity contribution < 1.29 is 19.4 Å². The van der Waals surface area contributed by atoms with Crippen molar-refractivity contribution in [1.82, 2.24) is 5.32 Å².